The van der Waals surface area contributed by atoms with Crippen molar-refractivity contribution >= 4 is 11.7 Å². The van der Waals surface area contributed by atoms with Crippen LogP contribution < -0.4 is 5.32 Å². The van der Waals surface area contributed by atoms with E-state index in [0.717, 1.165) is 5.69 Å². The van der Waals surface area contributed by atoms with Gasteiger partial charge in [0, 0.05) is 24.0 Å². The van der Waals surface area contributed by atoms with E-state index >= 15 is 0 Å². The summed E-state index contributed by atoms with van der Waals surface area (Å²) in [5.41, 5.74) is 1.62. The number of hydrogen-bond acceptors (Lipinski definition) is 4. The Balaban J connectivity index is 1.50. The number of pyridine rings is 1. The Morgan fingerprint density at radius 3 is 2.71 bits per heavy atom. The Morgan fingerprint density at radius 1 is 1.11 bits per heavy atom. The molecule has 1 aromatic carbocycles. The fraction of sp³-hybridized carbons (Fsp3) is 0.100. The molecule has 0 radical (unpaired) electrons. The highest BCUT2D eigenvalue weighted by atomic mass is 19.1. The van der Waals surface area contributed by atoms with E-state index in [-0.39, 0.29) is 18.3 Å². The lowest BCUT2D eigenvalue weighted by atomic mass is 10.1. The van der Waals surface area contributed by atoms with Crippen molar-refractivity contribution in [2.24, 2.45) is 0 Å². The first-order valence-electron chi connectivity index (χ1n) is 8.66. The third kappa shape index (κ3) is 3.66. The molecular formula is C20H17FN6O. The number of carbonyl (C=O) groups is 1. The number of hydrogen-bond donors (Lipinski definition) is 1. The number of amides is 1. The predicted octanol–water partition coefficient (Wildman–Crippen LogP) is 3.22. The van der Waals surface area contributed by atoms with E-state index in [4.69, 9.17) is 0 Å². The highest BCUT2D eigenvalue weighted by molar-refractivity contribution is 5.90. The molecule has 3 aromatic heterocycles. The number of aryl methyl sites for hydroxylation is 1. The van der Waals surface area contributed by atoms with Crippen molar-refractivity contribution in [2.45, 2.75) is 13.5 Å². The molecule has 0 spiro atoms. The van der Waals surface area contributed by atoms with Crippen LogP contribution in [0.2, 0.25) is 0 Å². The maximum atomic E-state index is 13.9. The summed E-state index contributed by atoms with van der Waals surface area (Å²) in [5, 5.41) is 11.5. The second kappa shape index (κ2) is 7.43. The Labute approximate surface area is 160 Å². The van der Waals surface area contributed by atoms with Gasteiger partial charge in [0.15, 0.2) is 5.82 Å². The summed E-state index contributed by atoms with van der Waals surface area (Å²) in [6, 6.07) is 15.3. The van der Waals surface area contributed by atoms with E-state index in [1.807, 2.05) is 19.1 Å². The minimum Gasteiger partial charge on any atom is -0.309 e. The number of nitrogens with one attached hydrogen (secondary N) is 1. The summed E-state index contributed by atoms with van der Waals surface area (Å²) < 4.78 is 16.9. The van der Waals surface area contributed by atoms with E-state index in [0.29, 0.717) is 22.9 Å². The highest BCUT2D eigenvalue weighted by Crippen LogP contribution is 2.20. The minimum atomic E-state index is -0.355. The highest BCUT2D eigenvalue weighted by Gasteiger charge is 2.13. The minimum absolute atomic E-state index is 0.0130. The standard InChI is InChI=1S/C20H17FN6O/c1-14-12-19(27(24-14)18-8-4-5-10-22-18)23-20(28)13-26-11-9-17(25-26)15-6-2-3-7-16(15)21/h2-12H,13H2,1H3,(H,23,28). The summed E-state index contributed by atoms with van der Waals surface area (Å²) in [4.78, 5) is 16.7. The van der Waals surface area contributed by atoms with E-state index in [2.05, 4.69) is 20.5 Å². The monoisotopic (exact) mass is 376 g/mol. The number of benzene rings is 1. The summed E-state index contributed by atoms with van der Waals surface area (Å²) in [5.74, 6) is 0.488. The maximum Gasteiger partial charge on any atom is 0.247 e. The fourth-order valence-electron chi connectivity index (χ4n) is 2.83. The van der Waals surface area contributed by atoms with Crippen LogP contribution in [0.25, 0.3) is 17.1 Å². The molecule has 0 fully saturated rings. The topological polar surface area (TPSA) is 77.6 Å². The van der Waals surface area contributed by atoms with Crippen molar-refractivity contribution in [1.82, 2.24) is 24.5 Å². The predicted molar refractivity (Wildman–Crippen MR) is 102 cm³/mol. The zero-order chi connectivity index (χ0) is 19.5. The molecule has 7 nitrogen and oxygen atoms in total. The van der Waals surface area contributed by atoms with Gasteiger partial charge >= 0.3 is 0 Å². The van der Waals surface area contributed by atoms with Gasteiger partial charge in [-0.15, -0.1) is 0 Å². The average molecular weight is 376 g/mol. The molecule has 1 N–H and O–H groups in total. The van der Waals surface area contributed by atoms with Crippen LogP contribution in [0.5, 0.6) is 0 Å². The van der Waals surface area contributed by atoms with Crippen LogP contribution >= 0.6 is 0 Å². The second-order valence-corrected chi connectivity index (χ2v) is 6.20. The SMILES string of the molecule is Cc1cc(NC(=O)Cn2ccc(-c3ccccc3F)n2)n(-c2ccccn2)n1. The first kappa shape index (κ1) is 17.6. The zero-order valence-electron chi connectivity index (χ0n) is 15.1. The normalized spacial score (nSPS) is 10.8. The number of nitrogens with zero attached hydrogens (tertiary/aromatic N) is 5. The van der Waals surface area contributed by atoms with Gasteiger partial charge in [0.2, 0.25) is 5.91 Å². The van der Waals surface area contributed by atoms with Gasteiger partial charge in [-0.05, 0) is 37.3 Å². The second-order valence-electron chi connectivity index (χ2n) is 6.20. The molecule has 0 aliphatic rings. The molecule has 0 atom stereocenters. The van der Waals surface area contributed by atoms with Gasteiger partial charge in [-0.3, -0.25) is 9.48 Å². The summed E-state index contributed by atoms with van der Waals surface area (Å²) >= 11 is 0. The number of aromatic nitrogens is 5. The van der Waals surface area contributed by atoms with Gasteiger partial charge in [-0.25, -0.2) is 9.37 Å². The number of anilines is 1. The Bertz CT molecular complexity index is 1120. The van der Waals surface area contributed by atoms with Crippen molar-refractivity contribution in [2.75, 3.05) is 5.32 Å². The van der Waals surface area contributed by atoms with Gasteiger partial charge in [0.05, 0.1) is 11.4 Å². The zero-order valence-corrected chi connectivity index (χ0v) is 15.1. The molecule has 0 aliphatic carbocycles. The van der Waals surface area contributed by atoms with E-state index in [1.165, 1.54) is 10.7 Å². The third-order valence-corrected chi connectivity index (χ3v) is 4.06. The molecule has 4 aromatic rings. The largest absolute Gasteiger partial charge is 0.309 e. The van der Waals surface area contributed by atoms with Crippen LogP contribution in [0.4, 0.5) is 10.2 Å². The Hall–Kier alpha value is -3.81. The third-order valence-electron chi connectivity index (χ3n) is 4.06. The van der Waals surface area contributed by atoms with Gasteiger partial charge in [0.25, 0.3) is 0 Å². The summed E-state index contributed by atoms with van der Waals surface area (Å²) in [7, 11) is 0. The lowest BCUT2D eigenvalue weighted by molar-refractivity contribution is -0.116. The molecule has 0 aliphatic heterocycles. The first-order valence-corrected chi connectivity index (χ1v) is 8.66. The summed E-state index contributed by atoms with van der Waals surface area (Å²) in [6.45, 7) is 1.82. The lowest BCUT2D eigenvalue weighted by Crippen LogP contribution is -2.21. The Kier molecular flexibility index (Phi) is 4.67. The smallest absolute Gasteiger partial charge is 0.247 e. The van der Waals surface area contributed by atoms with Crippen molar-refractivity contribution in [3.05, 3.63) is 78.5 Å². The maximum absolute atomic E-state index is 13.9. The van der Waals surface area contributed by atoms with Crippen LogP contribution in [0.3, 0.4) is 0 Å². The van der Waals surface area contributed by atoms with Crippen LogP contribution in [-0.4, -0.2) is 30.5 Å². The van der Waals surface area contributed by atoms with Gasteiger partial charge in [-0.1, -0.05) is 18.2 Å². The molecule has 1 amide bonds. The van der Waals surface area contributed by atoms with Gasteiger partial charge in [-0.2, -0.15) is 14.9 Å². The van der Waals surface area contributed by atoms with Crippen molar-refractivity contribution < 1.29 is 9.18 Å². The lowest BCUT2D eigenvalue weighted by Gasteiger charge is -2.08. The van der Waals surface area contributed by atoms with Gasteiger partial charge in [0.1, 0.15) is 18.2 Å². The van der Waals surface area contributed by atoms with Crippen molar-refractivity contribution in [1.29, 1.82) is 0 Å². The fourth-order valence-corrected chi connectivity index (χ4v) is 2.83. The van der Waals surface area contributed by atoms with E-state index < -0.39 is 0 Å². The quantitative estimate of drug-likeness (QED) is 0.580. The van der Waals surface area contributed by atoms with Gasteiger partial charge < -0.3 is 5.32 Å². The molecule has 140 valence electrons. The summed E-state index contributed by atoms with van der Waals surface area (Å²) in [6.07, 6.45) is 3.30. The van der Waals surface area contributed by atoms with Crippen molar-refractivity contribution in [3.8, 4) is 17.1 Å². The molecule has 4 rings (SSSR count). The number of carbonyl (C=O) groups excluding carboxylic acids is 1. The van der Waals surface area contributed by atoms with E-state index in [1.54, 1.807) is 53.5 Å². The number of rotatable bonds is 5. The molecule has 3 heterocycles. The van der Waals surface area contributed by atoms with Crippen LogP contribution in [0, 0.1) is 12.7 Å². The first-order chi connectivity index (χ1) is 13.6. The molecular weight excluding hydrogens is 359 g/mol. The molecule has 0 saturated carbocycles. The molecule has 0 unspecified atom stereocenters. The molecule has 8 heteroatoms. The number of halogens is 1. The van der Waals surface area contributed by atoms with Crippen LogP contribution in [-0.2, 0) is 11.3 Å². The molecule has 28 heavy (non-hydrogen) atoms. The molecule has 0 saturated heterocycles. The Morgan fingerprint density at radius 2 is 1.93 bits per heavy atom. The average Bonchev–Trinajstić information content (AvgIpc) is 3.29. The van der Waals surface area contributed by atoms with Crippen LogP contribution in [0.15, 0.2) is 67.0 Å². The van der Waals surface area contributed by atoms with E-state index in [9.17, 15) is 9.18 Å². The molecule has 0 bridgehead atoms. The van der Waals surface area contributed by atoms with Crippen molar-refractivity contribution in [3.63, 3.8) is 0 Å². The van der Waals surface area contributed by atoms with Crippen LogP contribution in [0.1, 0.15) is 5.69 Å².